The van der Waals surface area contributed by atoms with Gasteiger partial charge in [0.2, 0.25) is 0 Å². The summed E-state index contributed by atoms with van der Waals surface area (Å²) < 4.78 is 28.6. The molecule has 0 aliphatic carbocycles. The zero-order chi connectivity index (χ0) is 16.8. The second-order valence-corrected chi connectivity index (χ2v) is 5.01. The van der Waals surface area contributed by atoms with Crippen molar-refractivity contribution in [1.82, 2.24) is 25.4 Å². The molecule has 132 valence electrons. The lowest BCUT2D eigenvalue weighted by Crippen LogP contribution is -2.37. The van der Waals surface area contributed by atoms with Crippen LogP contribution in [0.1, 0.15) is 24.1 Å². The summed E-state index contributed by atoms with van der Waals surface area (Å²) in [6.45, 7) is 4.90. The number of nitrogens with zero attached hydrogens (tertiary/aromatic N) is 4. The zero-order valence-electron chi connectivity index (χ0n) is 13.8. The maximum absolute atomic E-state index is 13.6. The van der Waals surface area contributed by atoms with Gasteiger partial charge in [-0.15, -0.1) is 34.2 Å². The van der Waals surface area contributed by atoms with Gasteiger partial charge < -0.3 is 15.2 Å². The quantitative estimate of drug-likeness (QED) is 0.417. The van der Waals surface area contributed by atoms with E-state index in [4.69, 9.17) is 0 Å². The Bertz CT molecular complexity index is 701. The molecule has 0 atom stereocenters. The van der Waals surface area contributed by atoms with Crippen molar-refractivity contribution >= 4 is 29.9 Å². The lowest BCUT2D eigenvalue weighted by atomic mass is 10.2. The predicted octanol–water partition coefficient (Wildman–Crippen LogP) is 2.28. The second kappa shape index (κ2) is 9.50. The summed E-state index contributed by atoms with van der Waals surface area (Å²) in [4.78, 5) is 4.27. The SMILES string of the molecule is CCNC(=NCc1cc(F)ccc1F)NCc1nnc(C)n1C.I. The van der Waals surface area contributed by atoms with Crippen LogP contribution >= 0.6 is 24.0 Å². The molecule has 6 nitrogen and oxygen atoms in total. The van der Waals surface area contributed by atoms with E-state index in [0.717, 1.165) is 29.8 Å². The summed E-state index contributed by atoms with van der Waals surface area (Å²) >= 11 is 0. The summed E-state index contributed by atoms with van der Waals surface area (Å²) in [5, 5.41) is 14.2. The van der Waals surface area contributed by atoms with Crippen molar-refractivity contribution in [3.63, 3.8) is 0 Å². The molecule has 9 heteroatoms. The van der Waals surface area contributed by atoms with Gasteiger partial charge in [-0.05, 0) is 32.0 Å². The summed E-state index contributed by atoms with van der Waals surface area (Å²) in [6.07, 6.45) is 0. The van der Waals surface area contributed by atoms with Crippen molar-refractivity contribution in [3.8, 4) is 0 Å². The average molecular weight is 450 g/mol. The number of benzene rings is 1. The molecular formula is C15H21F2IN6. The molecule has 0 saturated carbocycles. The standard InChI is InChI=1S/C15H20F2N6.HI/c1-4-18-15(20-9-14-22-21-10(2)23(14)3)19-8-11-7-12(16)5-6-13(11)17;/h5-7H,4,8-9H2,1-3H3,(H2,18,19,20);1H. The fourth-order valence-electron chi connectivity index (χ4n) is 1.94. The van der Waals surface area contributed by atoms with Crippen LogP contribution in [0.15, 0.2) is 23.2 Å². The molecule has 2 N–H and O–H groups in total. The topological polar surface area (TPSA) is 67.1 Å². The lowest BCUT2D eigenvalue weighted by molar-refractivity contribution is 0.585. The number of halogens is 3. The van der Waals surface area contributed by atoms with Gasteiger partial charge in [-0.3, -0.25) is 0 Å². The molecule has 2 aromatic rings. The van der Waals surface area contributed by atoms with Crippen LogP contribution in [0.4, 0.5) is 8.78 Å². The first-order valence-corrected chi connectivity index (χ1v) is 7.32. The summed E-state index contributed by atoms with van der Waals surface area (Å²) in [5.74, 6) is 1.10. The minimum atomic E-state index is -0.482. The molecule has 1 aromatic carbocycles. The minimum absolute atomic E-state index is 0. The Morgan fingerprint density at radius 3 is 2.62 bits per heavy atom. The summed E-state index contributed by atoms with van der Waals surface area (Å²) in [7, 11) is 1.87. The summed E-state index contributed by atoms with van der Waals surface area (Å²) in [5.41, 5.74) is 0.205. The molecule has 0 saturated heterocycles. The monoisotopic (exact) mass is 450 g/mol. The van der Waals surface area contributed by atoms with E-state index in [9.17, 15) is 8.78 Å². The Kier molecular flexibility index (Phi) is 8.02. The number of nitrogens with one attached hydrogen (secondary N) is 2. The van der Waals surface area contributed by atoms with E-state index in [1.165, 1.54) is 0 Å². The molecule has 24 heavy (non-hydrogen) atoms. The molecule has 0 bridgehead atoms. The Morgan fingerprint density at radius 2 is 2.00 bits per heavy atom. The van der Waals surface area contributed by atoms with Crippen LogP contribution in [0.5, 0.6) is 0 Å². The molecule has 0 unspecified atom stereocenters. The van der Waals surface area contributed by atoms with Gasteiger partial charge in [-0.2, -0.15) is 0 Å². The van der Waals surface area contributed by atoms with Crippen LogP contribution in [0, 0.1) is 18.6 Å². The van der Waals surface area contributed by atoms with E-state index in [-0.39, 0.29) is 36.1 Å². The molecule has 0 amide bonds. The number of aromatic nitrogens is 3. The van der Waals surface area contributed by atoms with Crippen molar-refractivity contribution in [2.45, 2.75) is 26.9 Å². The minimum Gasteiger partial charge on any atom is -0.357 e. The van der Waals surface area contributed by atoms with Crippen LogP contribution in [-0.2, 0) is 20.1 Å². The Labute approximate surface area is 156 Å². The molecule has 0 aliphatic heterocycles. The van der Waals surface area contributed by atoms with Gasteiger partial charge in [-0.25, -0.2) is 13.8 Å². The summed E-state index contributed by atoms with van der Waals surface area (Å²) in [6, 6.07) is 3.33. The first-order valence-electron chi connectivity index (χ1n) is 7.32. The van der Waals surface area contributed by atoms with Crippen molar-refractivity contribution in [1.29, 1.82) is 0 Å². The average Bonchev–Trinajstić information content (AvgIpc) is 2.85. The smallest absolute Gasteiger partial charge is 0.191 e. The van der Waals surface area contributed by atoms with E-state index < -0.39 is 11.6 Å². The van der Waals surface area contributed by atoms with Crippen LogP contribution in [0.25, 0.3) is 0 Å². The maximum atomic E-state index is 13.6. The molecule has 0 radical (unpaired) electrons. The van der Waals surface area contributed by atoms with E-state index in [1.807, 2.05) is 25.5 Å². The van der Waals surface area contributed by atoms with Gasteiger partial charge in [-0.1, -0.05) is 0 Å². The van der Waals surface area contributed by atoms with Crippen molar-refractivity contribution in [2.75, 3.05) is 6.54 Å². The van der Waals surface area contributed by atoms with Crippen LogP contribution in [-0.4, -0.2) is 27.3 Å². The number of hydrogen-bond donors (Lipinski definition) is 2. The molecular weight excluding hydrogens is 429 g/mol. The van der Waals surface area contributed by atoms with Crippen LogP contribution < -0.4 is 10.6 Å². The number of hydrogen-bond acceptors (Lipinski definition) is 3. The molecule has 0 fully saturated rings. The molecule has 0 spiro atoms. The largest absolute Gasteiger partial charge is 0.357 e. The number of aryl methyl sites for hydroxylation is 1. The molecule has 2 rings (SSSR count). The predicted molar refractivity (Wildman–Crippen MR) is 99.2 cm³/mol. The highest BCUT2D eigenvalue weighted by atomic mass is 127. The van der Waals surface area contributed by atoms with Crippen LogP contribution in [0.2, 0.25) is 0 Å². The number of rotatable bonds is 5. The number of aliphatic imine (C=N–C) groups is 1. The molecule has 1 aromatic heterocycles. The zero-order valence-corrected chi connectivity index (χ0v) is 16.1. The van der Waals surface area contributed by atoms with Gasteiger partial charge in [0, 0.05) is 19.2 Å². The fourth-order valence-corrected chi connectivity index (χ4v) is 1.94. The molecule has 1 heterocycles. The van der Waals surface area contributed by atoms with E-state index in [1.54, 1.807) is 0 Å². The van der Waals surface area contributed by atoms with E-state index in [2.05, 4.69) is 25.8 Å². The van der Waals surface area contributed by atoms with E-state index in [0.29, 0.717) is 19.0 Å². The normalized spacial score (nSPS) is 11.1. The highest BCUT2D eigenvalue weighted by molar-refractivity contribution is 14.0. The maximum Gasteiger partial charge on any atom is 0.191 e. The van der Waals surface area contributed by atoms with Gasteiger partial charge in [0.15, 0.2) is 11.8 Å². The third-order valence-corrected chi connectivity index (χ3v) is 3.36. The second-order valence-electron chi connectivity index (χ2n) is 5.01. The third kappa shape index (κ3) is 5.39. The first kappa shape index (κ1) is 20.3. The van der Waals surface area contributed by atoms with Crippen molar-refractivity contribution in [3.05, 3.63) is 47.0 Å². The highest BCUT2D eigenvalue weighted by Crippen LogP contribution is 2.10. The van der Waals surface area contributed by atoms with Gasteiger partial charge in [0.25, 0.3) is 0 Å². The third-order valence-electron chi connectivity index (χ3n) is 3.36. The Hall–Kier alpha value is -1.78. The van der Waals surface area contributed by atoms with Crippen LogP contribution in [0.3, 0.4) is 0 Å². The molecule has 0 aliphatic rings. The highest BCUT2D eigenvalue weighted by Gasteiger charge is 2.07. The van der Waals surface area contributed by atoms with Gasteiger partial charge in [0.05, 0.1) is 13.1 Å². The fraction of sp³-hybridized carbons (Fsp3) is 0.400. The van der Waals surface area contributed by atoms with Gasteiger partial charge in [0.1, 0.15) is 17.5 Å². The number of guanidine groups is 1. The van der Waals surface area contributed by atoms with Gasteiger partial charge >= 0.3 is 0 Å². The lowest BCUT2D eigenvalue weighted by Gasteiger charge is -2.11. The Morgan fingerprint density at radius 1 is 1.25 bits per heavy atom. The Balaban J connectivity index is 0.00000288. The first-order chi connectivity index (χ1) is 11.0. The van der Waals surface area contributed by atoms with Crippen molar-refractivity contribution in [2.24, 2.45) is 12.0 Å². The van der Waals surface area contributed by atoms with E-state index >= 15 is 0 Å². The van der Waals surface area contributed by atoms with Crippen molar-refractivity contribution < 1.29 is 8.78 Å².